The number of aromatic carboxylic acids is 1. The fourth-order valence-corrected chi connectivity index (χ4v) is 3.30. The summed E-state index contributed by atoms with van der Waals surface area (Å²) in [7, 11) is -2.12. The van der Waals surface area contributed by atoms with Crippen LogP contribution in [0.2, 0.25) is 0 Å². The van der Waals surface area contributed by atoms with Crippen LogP contribution in [0, 0.1) is 13.8 Å². The van der Waals surface area contributed by atoms with Gasteiger partial charge in [0.2, 0.25) is 10.0 Å². The first-order chi connectivity index (χ1) is 9.79. The molecule has 0 saturated carbocycles. The number of unbranched alkanes of at least 4 members (excludes halogenated alkanes) is 1. The van der Waals surface area contributed by atoms with Crippen molar-refractivity contribution in [1.29, 1.82) is 0 Å². The van der Waals surface area contributed by atoms with Crippen molar-refractivity contribution in [2.75, 3.05) is 20.3 Å². The quantitative estimate of drug-likeness (QED) is 0.712. The van der Waals surface area contributed by atoms with Gasteiger partial charge < -0.3 is 9.84 Å². The Labute approximate surface area is 125 Å². The summed E-state index contributed by atoms with van der Waals surface area (Å²) in [5.41, 5.74) is 1.16. The number of nitrogens with one attached hydrogen (secondary N) is 1. The second kappa shape index (κ2) is 7.53. The Morgan fingerprint density at radius 2 is 1.95 bits per heavy atom. The number of hydrogen-bond donors (Lipinski definition) is 2. The Balaban J connectivity index is 2.94. The summed E-state index contributed by atoms with van der Waals surface area (Å²) in [6.45, 7) is 4.23. The molecular formula is C14H21NO5S. The Hall–Kier alpha value is -1.44. The van der Waals surface area contributed by atoms with Crippen molar-refractivity contribution in [3.05, 3.63) is 28.8 Å². The predicted octanol–water partition coefficient (Wildman–Crippen LogP) is 1.71. The Morgan fingerprint density at radius 1 is 1.29 bits per heavy atom. The van der Waals surface area contributed by atoms with Gasteiger partial charge in [-0.05, 0) is 49.9 Å². The SMILES string of the molecule is COCCCCNS(=O)(=O)c1cc(C(=O)O)cc(C)c1C. The van der Waals surface area contributed by atoms with Crippen LogP contribution in [0.5, 0.6) is 0 Å². The number of ether oxygens (including phenoxy) is 1. The van der Waals surface area contributed by atoms with Crippen LogP contribution in [0.25, 0.3) is 0 Å². The van der Waals surface area contributed by atoms with E-state index in [1.807, 2.05) is 0 Å². The molecule has 1 aromatic carbocycles. The number of aryl methyl sites for hydroxylation is 1. The molecule has 0 radical (unpaired) electrons. The van der Waals surface area contributed by atoms with Crippen molar-refractivity contribution < 1.29 is 23.1 Å². The number of carboxylic acids is 1. The number of sulfonamides is 1. The Bertz CT molecular complexity index is 610. The molecule has 0 heterocycles. The van der Waals surface area contributed by atoms with Crippen molar-refractivity contribution in [3.8, 4) is 0 Å². The number of carbonyl (C=O) groups is 1. The van der Waals surface area contributed by atoms with Crippen molar-refractivity contribution in [3.63, 3.8) is 0 Å². The summed E-state index contributed by atoms with van der Waals surface area (Å²) in [4.78, 5) is 11.1. The normalized spacial score (nSPS) is 11.6. The number of methoxy groups -OCH3 is 1. The van der Waals surface area contributed by atoms with Gasteiger partial charge in [-0.25, -0.2) is 17.9 Å². The monoisotopic (exact) mass is 315 g/mol. The van der Waals surface area contributed by atoms with E-state index in [2.05, 4.69) is 4.72 Å². The number of carboxylic acid groups (broad SMARTS) is 1. The second-order valence-corrected chi connectivity index (χ2v) is 6.55. The highest BCUT2D eigenvalue weighted by Gasteiger charge is 2.20. The van der Waals surface area contributed by atoms with E-state index < -0.39 is 16.0 Å². The van der Waals surface area contributed by atoms with Crippen LogP contribution in [0.15, 0.2) is 17.0 Å². The first kappa shape index (κ1) is 17.6. The fraction of sp³-hybridized carbons (Fsp3) is 0.500. The zero-order chi connectivity index (χ0) is 16.0. The van der Waals surface area contributed by atoms with Crippen molar-refractivity contribution in [1.82, 2.24) is 4.72 Å². The Kier molecular flexibility index (Phi) is 6.32. The maximum absolute atomic E-state index is 12.3. The van der Waals surface area contributed by atoms with Crippen LogP contribution in [0.1, 0.15) is 34.3 Å². The molecule has 21 heavy (non-hydrogen) atoms. The lowest BCUT2D eigenvalue weighted by Crippen LogP contribution is -2.26. The van der Waals surface area contributed by atoms with Gasteiger partial charge in [0.05, 0.1) is 10.5 Å². The average molecular weight is 315 g/mol. The molecule has 0 bridgehead atoms. The van der Waals surface area contributed by atoms with Crippen LogP contribution < -0.4 is 4.72 Å². The highest BCUT2D eigenvalue weighted by Crippen LogP contribution is 2.21. The second-order valence-electron chi connectivity index (χ2n) is 4.82. The highest BCUT2D eigenvalue weighted by atomic mass is 32.2. The van der Waals surface area contributed by atoms with Gasteiger partial charge >= 0.3 is 5.97 Å². The molecule has 0 aliphatic heterocycles. The molecule has 1 aromatic rings. The topological polar surface area (TPSA) is 92.7 Å². The molecule has 0 aliphatic carbocycles. The lowest BCUT2D eigenvalue weighted by atomic mass is 10.1. The van der Waals surface area contributed by atoms with E-state index in [1.165, 1.54) is 12.1 Å². The largest absolute Gasteiger partial charge is 0.478 e. The van der Waals surface area contributed by atoms with Gasteiger partial charge in [-0.3, -0.25) is 0 Å². The molecule has 0 aromatic heterocycles. The van der Waals surface area contributed by atoms with Gasteiger partial charge in [0.25, 0.3) is 0 Å². The van der Waals surface area contributed by atoms with Crippen LogP contribution in [0.3, 0.4) is 0 Å². The van der Waals surface area contributed by atoms with Gasteiger partial charge in [-0.2, -0.15) is 0 Å². The van der Waals surface area contributed by atoms with E-state index in [0.29, 0.717) is 30.7 Å². The molecular weight excluding hydrogens is 294 g/mol. The molecule has 0 spiro atoms. The molecule has 7 heteroatoms. The number of benzene rings is 1. The first-order valence-electron chi connectivity index (χ1n) is 6.62. The van der Waals surface area contributed by atoms with E-state index in [0.717, 1.165) is 6.42 Å². The summed E-state index contributed by atoms with van der Waals surface area (Å²) in [6.07, 6.45) is 1.41. The standard InChI is InChI=1S/C14H21NO5S/c1-10-8-12(14(16)17)9-13(11(10)2)21(18,19)15-6-4-5-7-20-3/h8-9,15H,4-7H2,1-3H3,(H,16,17). The third-order valence-electron chi connectivity index (χ3n) is 3.22. The summed E-state index contributed by atoms with van der Waals surface area (Å²) in [5.74, 6) is -1.14. The van der Waals surface area contributed by atoms with Gasteiger partial charge in [-0.15, -0.1) is 0 Å². The van der Waals surface area contributed by atoms with E-state index >= 15 is 0 Å². The van der Waals surface area contributed by atoms with Crippen molar-refractivity contribution >= 4 is 16.0 Å². The predicted molar refractivity (Wildman–Crippen MR) is 79.2 cm³/mol. The van der Waals surface area contributed by atoms with Gasteiger partial charge in [0, 0.05) is 20.3 Å². The first-order valence-corrected chi connectivity index (χ1v) is 8.11. The van der Waals surface area contributed by atoms with E-state index in [-0.39, 0.29) is 10.5 Å². The summed E-state index contributed by atoms with van der Waals surface area (Å²) >= 11 is 0. The molecule has 118 valence electrons. The van der Waals surface area contributed by atoms with Crippen LogP contribution >= 0.6 is 0 Å². The summed E-state index contributed by atoms with van der Waals surface area (Å²) in [6, 6.07) is 2.66. The molecule has 2 N–H and O–H groups in total. The number of rotatable bonds is 8. The molecule has 0 unspecified atom stereocenters. The lowest BCUT2D eigenvalue weighted by Gasteiger charge is -2.12. The zero-order valence-corrected chi connectivity index (χ0v) is 13.3. The van der Waals surface area contributed by atoms with Gasteiger partial charge in [0.1, 0.15) is 0 Å². The minimum absolute atomic E-state index is 0.0200. The van der Waals surface area contributed by atoms with Crippen LogP contribution in [-0.2, 0) is 14.8 Å². The summed E-state index contributed by atoms with van der Waals surface area (Å²) < 4.78 is 31.9. The zero-order valence-electron chi connectivity index (χ0n) is 12.5. The van der Waals surface area contributed by atoms with E-state index in [9.17, 15) is 13.2 Å². The lowest BCUT2D eigenvalue weighted by molar-refractivity contribution is 0.0696. The molecule has 0 saturated heterocycles. The fourth-order valence-electron chi connectivity index (χ4n) is 1.89. The molecule has 0 aliphatic rings. The maximum Gasteiger partial charge on any atom is 0.335 e. The Morgan fingerprint density at radius 3 is 2.52 bits per heavy atom. The molecule has 0 fully saturated rings. The third kappa shape index (κ3) is 4.80. The van der Waals surface area contributed by atoms with E-state index in [4.69, 9.17) is 9.84 Å². The van der Waals surface area contributed by atoms with Crippen LogP contribution in [0.4, 0.5) is 0 Å². The van der Waals surface area contributed by atoms with Crippen LogP contribution in [-0.4, -0.2) is 39.8 Å². The molecule has 1 rings (SSSR count). The highest BCUT2D eigenvalue weighted by molar-refractivity contribution is 7.89. The molecule has 0 atom stereocenters. The third-order valence-corrected chi connectivity index (χ3v) is 4.81. The van der Waals surface area contributed by atoms with E-state index in [1.54, 1.807) is 21.0 Å². The van der Waals surface area contributed by atoms with Crippen molar-refractivity contribution in [2.24, 2.45) is 0 Å². The van der Waals surface area contributed by atoms with Crippen molar-refractivity contribution in [2.45, 2.75) is 31.6 Å². The summed E-state index contributed by atoms with van der Waals surface area (Å²) in [5, 5.41) is 9.03. The molecule has 6 nitrogen and oxygen atoms in total. The molecule has 0 amide bonds. The van der Waals surface area contributed by atoms with Gasteiger partial charge in [-0.1, -0.05) is 0 Å². The minimum Gasteiger partial charge on any atom is -0.478 e. The smallest absolute Gasteiger partial charge is 0.335 e. The average Bonchev–Trinajstić information content (AvgIpc) is 2.40. The minimum atomic E-state index is -3.71. The van der Waals surface area contributed by atoms with Gasteiger partial charge in [0.15, 0.2) is 0 Å². The number of hydrogen-bond acceptors (Lipinski definition) is 4. The maximum atomic E-state index is 12.3.